The van der Waals surface area contributed by atoms with Crippen LogP contribution in [-0.4, -0.2) is 10.9 Å². The molecule has 0 aromatic carbocycles. The second kappa shape index (κ2) is 4.35. The van der Waals surface area contributed by atoms with E-state index < -0.39 is 0 Å². The van der Waals surface area contributed by atoms with Crippen LogP contribution in [0, 0.1) is 0 Å². The fourth-order valence-electron chi connectivity index (χ4n) is 1.19. The maximum absolute atomic E-state index is 11.5. The largest absolute Gasteiger partial charge is 0.457 e. The Morgan fingerprint density at radius 3 is 3.07 bits per heavy atom. The number of carbonyl (C=O) groups excluding carboxylic acids is 1. The number of carbonyl (C=O) groups is 1. The van der Waals surface area contributed by atoms with Gasteiger partial charge in [-0.3, -0.25) is 4.79 Å². The van der Waals surface area contributed by atoms with Crippen molar-refractivity contribution in [2.24, 2.45) is 0 Å². The summed E-state index contributed by atoms with van der Waals surface area (Å²) in [5, 5.41) is 2.76. The molecule has 2 aromatic rings. The van der Waals surface area contributed by atoms with E-state index in [1.807, 2.05) is 6.07 Å². The molecule has 0 unspecified atom stereocenters. The van der Waals surface area contributed by atoms with E-state index >= 15 is 0 Å². The summed E-state index contributed by atoms with van der Waals surface area (Å²) in [4.78, 5) is 14.3. The lowest BCUT2D eigenvalue weighted by atomic mass is 10.3. The molecule has 0 aliphatic carbocycles. The quantitative estimate of drug-likeness (QED) is 0.898. The van der Waals surface area contributed by atoms with Crippen molar-refractivity contribution >= 4 is 21.8 Å². The van der Waals surface area contributed by atoms with Crippen molar-refractivity contribution in [2.75, 3.05) is 0 Å². The summed E-state index contributed by atoms with van der Waals surface area (Å²) in [7, 11) is 0. The standard InChI is InChI=1S/C10H9BrN2O2/c11-9-4-7(6-15-9)5-13-10(14)8-2-1-3-12-8/h1-4,6,12H,5H2,(H,13,14). The molecule has 0 fully saturated rings. The maximum Gasteiger partial charge on any atom is 0.267 e. The lowest BCUT2D eigenvalue weighted by Gasteiger charge is -2.00. The van der Waals surface area contributed by atoms with Gasteiger partial charge < -0.3 is 14.7 Å². The van der Waals surface area contributed by atoms with Crippen molar-refractivity contribution < 1.29 is 9.21 Å². The molecular formula is C10H9BrN2O2. The van der Waals surface area contributed by atoms with Gasteiger partial charge in [-0.05, 0) is 34.1 Å². The zero-order chi connectivity index (χ0) is 10.7. The minimum atomic E-state index is -0.127. The average Bonchev–Trinajstić information content (AvgIpc) is 2.84. The fraction of sp³-hybridized carbons (Fsp3) is 0.100. The van der Waals surface area contributed by atoms with E-state index in [0.29, 0.717) is 16.9 Å². The number of nitrogens with one attached hydrogen (secondary N) is 2. The van der Waals surface area contributed by atoms with Gasteiger partial charge in [-0.15, -0.1) is 0 Å². The topological polar surface area (TPSA) is 58.0 Å². The smallest absolute Gasteiger partial charge is 0.267 e. The summed E-state index contributed by atoms with van der Waals surface area (Å²) in [6, 6.07) is 5.32. The van der Waals surface area contributed by atoms with Gasteiger partial charge in [0.1, 0.15) is 5.69 Å². The lowest BCUT2D eigenvalue weighted by Crippen LogP contribution is -2.22. The van der Waals surface area contributed by atoms with Gasteiger partial charge in [0, 0.05) is 18.3 Å². The van der Waals surface area contributed by atoms with Crippen molar-refractivity contribution in [3.63, 3.8) is 0 Å². The Labute approximate surface area is 94.8 Å². The number of furan rings is 1. The van der Waals surface area contributed by atoms with Gasteiger partial charge in [-0.2, -0.15) is 0 Å². The molecule has 2 heterocycles. The maximum atomic E-state index is 11.5. The first-order chi connectivity index (χ1) is 7.25. The molecule has 5 heteroatoms. The van der Waals surface area contributed by atoms with Crippen molar-refractivity contribution in [3.8, 4) is 0 Å². The molecule has 0 radical (unpaired) electrons. The Morgan fingerprint density at radius 1 is 1.60 bits per heavy atom. The summed E-state index contributed by atoms with van der Waals surface area (Å²) >= 11 is 3.19. The molecule has 0 aliphatic rings. The van der Waals surface area contributed by atoms with Crippen LogP contribution in [0.3, 0.4) is 0 Å². The Kier molecular flexibility index (Phi) is 2.91. The normalized spacial score (nSPS) is 10.2. The molecule has 0 saturated heterocycles. The predicted octanol–water partition coefficient (Wildman–Crippen LogP) is 2.30. The second-order valence-corrected chi connectivity index (χ2v) is 3.81. The van der Waals surface area contributed by atoms with Crippen molar-refractivity contribution in [3.05, 3.63) is 46.6 Å². The number of halogens is 1. The third-order valence-corrected chi connectivity index (χ3v) is 2.33. The third kappa shape index (κ3) is 2.50. The summed E-state index contributed by atoms with van der Waals surface area (Å²) in [5.41, 5.74) is 1.47. The lowest BCUT2D eigenvalue weighted by molar-refractivity contribution is 0.0946. The van der Waals surface area contributed by atoms with Crippen LogP contribution in [0.25, 0.3) is 0 Å². The summed E-state index contributed by atoms with van der Waals surface area (Å²) in [5.74, 6) is -0.127. The third-order valence-electron chi connectivity index (χ3n) is 1.92. The molecular weight excluding hydrogens is 260 g/mol. The molecule has 0 atom stereocenters. The molecule has 0 bridgehead atoms. The van der Waals surface area contributed by atoms with E-state index in [1.54, 1.807) is 24.6 Å². The molecule has 78 valence electrons. The van der Waals surface area contributed by atoms with Crippen LogP contribution in [-0.2, 0) is 6.54 Å². The van der Waals surface area contributed by atoms with E-state index in [1.165, 1.54) is 0 Å². The summed E-state index contributed by atoms with van der Waals surface area (Å²) in [6.45, 7) is 0.451. The highest BCUT2D eigenvalue weighted by atomic mass is 79.9. The van der Waals surface area contributed by atoms with Crippen LogP contribution in [0.4, 0.5) is 0 Å². The second-order valence-electron chi connectivity index (χ2n) is 3.03. The molecule has 2 rings (SSSR count). The molecule has 4 nitrogen and oxygen atoms in total. The van der Waals surface area contributed by atoms with Gasteiger partial charge in [-0.25, -0.2) is 0 Å². The molecule has 0 aliphatic heterocycles. The Bertz CT molecular complexity index is 448. The number of H-pyrrole nitrogens is 1. The number of hydrogen-bond acceptors (Lipinski definition) is 2. The SMILES string of the molecule is O=C(NCc1coc(Br)c1)c1ccc[nH]1. The number of aromatic nitrogens is 1. The predicted molar refractivity (Wildman–Crippen MR) is 58.4 cm³/mol. The Morgan fingerprint density at radius 2 is 2.47 bits per heavy atom. The summed E-state index contributed by atoms with van der Waals surface area (Å²) < 4.78 is 5.70. The number of hydrogen-bond donors (Lipinski definition) is 2. The zero-order valence-corrected chi connectivity index (χ0v) is 9.37. The molecule has 2 N–H and O–H groups in total. The zero-order valence-electron chi connectivity index (χ0n) is 7.79. The average molecular weight is 269 g/mol. The molecule has 0 spiro atoms. The highest BCUT2D eigenvalue weighted by Gasteiger charge is 2.06. The molecule has 1 amide bonds. The van der Waals surface area contributed by atoms with Crippen LogP contribution in [0.2, 0.25) is 0 Å². The van der Waals surface area contributed by atoms with Gasteiger partial charge in [0.25, 0.3) is 5.91 Å². The molecule has 15 heavy (non-hydrogen) atoms. The van der Waals surface area contributed by atoms with Gasteiger partial charge in [0.2, 0.25) is 0 Å². The summed E-state index contributed by atoms with van der Waals surface area (Å²) in [6.07, 6.45) is 3.31. The van der Waals surface area contributed by atoms with Crippen molar-refractivity contribution in [1.82, 2.24) is 10.3 Å². The van der Waals surface area contributed by atoms with E-state index in [4.69, 9.17) is 4.42 Å². The van der Waals surface area contributed by atoms with Crippen LogP contribution in [0.1, 0.15) is 16.1 Å². The Hall–Kier alpha value is -1.49. The van der Waals surface area contributed by atoms with Crippen LogP contribution in [0.15, 0.2) is 39.7 Å². The highest BCUT2D eigenvalue weighted by Crippen LogP contribution is 2.13. The van der Waals surface area contributed by atoms with Crippen molar-refractivity contribution in [2.45, 2.75) is 6.54 Å². The number of aromatic amines is 1. The van der Waals surface area contributed by atoms with E-state index in [9.17, 15) is 4.79 Å². The van der Waals surface area contributed by atoms with Gasteiger partial charge in [0.05, 0.1) is 6.26 Å². The fourth-order valence-corrected chi connectivity index (χ4v) is 1.58. The van der Waals surface area contributed by atoms with Gasteiger partial charge >= 0.3 is 0 Å². The van der Waals surface area contributed by atoms with Crippen molar-refractivity contribution in [1.29, 1.82) is 0 Å². The Balaban J connectivity index is 1.91. The van der Waals surface area contributed by atoms with Crippen LogP contribution >= 0.6 is 15.9 Å². The molecule has 2 aromatic heterocycles. The van der Waals surface area contributed by atoms with E-state index in [-0.39, 0.29) is 5.91 Å². The van der Waals surface area contributed by atoms with Gasteiger partial charge in [-0.1, -0.05) is 0 Å². The monoisotopic (exact) mass is 268 g/mol. The van der Waals surface area contributed by atoms with E-state index in [2.05, 4.69) is 26.2 Å². The highest BCUT2D eigenvalue weighted by molar-refractivity contribution is 9.10. The first kappa shape index (κ1) is 10.0. The van der Waals surface area contributed by atoms with E-state index in [0.717, 1.165) is 5.56 Å². The minimum Gasteiger partial charge on any atom is -0.457 e. The van der Waals surface area contributed by atoms with Crippen LogP contribution < -0.4 is 5.32 Å². The number of rotatable bonds is 3. The number of amides is 1. The first-order valence-corrected chi connectivity index (χ1v) is 5.19. The first-order valence-electron chi connectivity index (χ1n) is 4.40. The van der Waals surface area contributed by atoms with Gasteiger partial charge in [0.15, 0.2) is 4.67 Å². The minimum absolute atomic E-state index is 0.127. The van der Waals surface area contributed by atoms with Crippen LogP contribution in [0.5, 0.6) is 0 Å². The molecule has 0 saturated carbocycles.